The molecule has 1 aliphatic rings. The van der Waals surface area contributed by atoms with Gasteiger partial charge in [0.25, 0.3) is 0 Å². The molecule has 2 aromatic rings. The molecule has 1 aromatic heterocycles. The Morgan fingerprint density at radius 3 is 2.47 bits per heavy atom. The van der Waals surface area contributed by atoms with Gasteiger partial charge in [-0.05, 0) is 49.6 Å². The largest absolute Gasteiger partial charge is 0.462 e. The number of pyridine rings is 1. The summed E-state index contributed by atoms with van der Waals surface area (Å²) in [4.78, 5) is 32.6. The van der Waals surface area contributed by atoms with Gasteiger partial charge in [-0.15, -0.1) is 0 Å². The summed E-state index contributed by atoms with van der Waals surface area (Å²) in [6.07, 6.45) is 3.60. The average Bonchev–Trinajstić information content (AvgIpc) is 2.76. The maximum absolute atomic E-state index is 12.5. The first-order chi connectivity index (χ1) is 14.5. The molecule has 6 nitrogen and oxygen atoms in total. The van der Waals surface area contributed by atoms with Crippen LogP contribution < -0.4 is 4.90 Å². The van der Waals surface area contributed by atoms with Gasteiger partial charge in [-0.3, -0.25) is 4.79 Å². The predicted molar refractivity (Wildman–Crippen MR) is 118 cm³/mol. The number of aryl methyl sites for hydroxylation is 1. The molecule has 0 bridgehead atoms. The number of amides is 1. The van der Waals surface area contributed by atoms with E-state index < -0.39 is 0 Å². The Morgan fingerprint density at radius 1 is 1.07 bits per heavy atom. The molecule has 30 heavy (non-hydrogen) atoms. The average molecular weight is 450 g/mol. The number of nitrogens with zero attached hydrogens (tertiary/aromatic N) is 3. The lowest BCUT2D eigenvalue weighted by molar-refractivity contribution is -0.131. The van der Waals surface area contributed by atoms with Crippen molar-refractivity contribution in [2.75, 3.05) is 37.7 Å². The van der Waals surface area contributed by atoms with Crippen LogP contribution in [0, 0.1) is 0 Å². The SMILES string of the molecule is CCOC(=O)c1ccc(N2CCN(C(=O)CCCc3ccc(Cl)c(Cl)c3)CC2)nc1. The van der Waals surface area contributed by atoms with Gasteiger partial charge in [0, 0.05) is 38.8 Å². The lowest BCUT2D eigenvalue weighted by Gasteiger charge is -2.35. The molecule has 1 saturated heterocycles. The van der Waals surface area contributed by atoms with Gasteiger partial charge in [-0.2, -0.15) is 0 Å². The number of benzene rings is 1. The molecule has 0 N–H and O–H groups in total. The molecular weight excluding hydrogens is 425 g/mol. The predicted octanol–water partition coefficient (Wildman–Crippen LogP) is 4.24. The number of esters is 1. The maximum atomic E-state index is 12.5. The Labute approximate surface area is 186 Å². The van der Waals surface area contributed by atoms with Gasteiger partial charge in [0.05, 0.1) is 22.2 Å². The summed E-state index contributed by atoms with van der Waals surface area (Å²) in [5.74, 6) is 0.600. The highest BCUT2D eigenvalue weighted by atomic mass is 35.5. The summed E-state index contributed by atoms with van der Waals surface area (Å²) in [5.41, 5.74) is 1.52. The molecule has 160 valence electrons. The summed E-state index contributed by atoms with van der Waals surface area (Å²) in [6.45, 7) is 4.85. The molecule has 1 aromatic carbocycles. The second-order valence-corrected chi connectivity index (χ2v) is 7.91. The summed E-state index contributed by atoms with van der Waals surface area (Å²) in [6, 6.07) is 9.13. The topological polar surface area (TPSA) is 62.7 Å². The van der Waals surface area contributed by atoms with Crippen LogP contribution >= 0.6 is 23.2 Å². The lowest BCUT2D eigenvalue weighted by atomic mass is 10.1. The molecule has 3 rings (SSSR count). The molecule has 1 aliphatic heterocycles. The quantitative estimate of drug-likeness (QED) is 0.591. The van der Waals surface area contributed by atoms with E-state index in [0.29, 0.717) is 54.8 Å². The van der Waals surface area contributed by atoms with E-state index in [1.807, 2.05) is 23.1 Å². The van der Waals surface area contributed by atoms with Gasteiger partial charge in [0.15, 0.2) is 0 Å². The van der Waals surface area contributed by atoms with Crippen LogP contribution in [0.15, 0.2) is 36.5 Å². The van der Waals surface area contributed by atoms with E-state index in [0.717, 1.165) is 24.2 Å². The molecule has 1 fully saturated rings. The van der Waals surface area contributed by atoms with Gasteiger partial charge < -0.3 is 14.5 Å². The van der Waals surface area contributed by atoms with E-state index >= 15 is 0 Å². The van der Waals surface area contributed by atoms with Gasteiger partial charge in [-0.1, -0.05) is 29.3 Å². The Kier molecular flexibility index (Phi) is 7.94. The number of rotatable bonds is 7. The van der Waals surface area contributed by atoms with Crippen molar-refractivity contribution in [1.82, 2.24) is 9.88 Å². The first-order valence-electron chi connectivity index (χ1n) is 10.1. The minimum absolute atomic E-state index is 0.167. The number of anilines is 1. The monoisotopic (exact) mass is 449 g/mol. The molecule has 8 heteroatoms. The molecule has 0 aliphatic carbocycles. The third-order valence-corrected chi connectivity index (χ3v) is 5.79. The highest BCUT2D eigenvalue weighted by Crippen LogP contribution is 2.23. The Balaban J connectivity index is 1.43. The van der Waals surface area contributed by atoms with E-state index in [9.17, 15) is 9.59 Å². The Bertz CT molecular complexity index is 882. The number of hydrogen-bond donors (Lipinski definition) is 0. The lowest BCUT2D eigenvalue weighted by Crippen LogP contribution is -2.49. The maximum Gasteiger partial charge on any atom is 0.339 e. The number of carbonyl (C=O) groups is 2. The normalized spacial score (nSPS) is 14.0. The minimum Gasteiger partial charge on any atom is -0.462 e. The first-order valence-corrected chi connectivity index (χ1v) is 10.8. The number of hydrogen-bond acceptors (Lipinski definition) is 5. The smallest absolute Gasteiger partial charge is 0.339 e. The fourth-order valence-electron chi connectivity index (χ4n) is 3.39. The van der Waals surface area contributed by atoms with Crippen molar-refractivity contribution in [3.8, 4) is 0 Å². The fourth-order valence-corrected chi connectivity index (χ4v) is 3.71. The summed E-state index contributed by atoms with van der Waals surface area (Å²) < 4.78 is 4.98. The Hall–Kier alpha value is -2.31. The van der Waals surface area contributed by atoms with Crippen LogP contribution in [-0.4, -0.2) is 54.5 Å². The van der Waals surface area contributed by atoms with Gasteiger partial charge in [0.2, 0.25) is 5.91 Å². The fraction of sp³-hybridized carbons (Fsp3) is 0.409. The highest BCUT2D eigenvalue weighted by Gasteiger charge is 2.22. The van der Waals surface area contributed by atoms with Crippen molar-refractivity contribution in [2.45, 2.75) is 26.2 Å². The van der Waals surface area contributed by atoms with E-state index in [4.69, 9.17) is 27.9 Å². The molecular formula is C22H25Cl2N3O3. The Morgan fingerprint density at radius 2 is 1.83 bits per heavy atom. The van der Waals surface area contributed by atoms with Crippen molar-refractivity contribution < 1.29 is 14.3 Å². The molecule has 0 unspecified atom stereocenters. The third-order valence-electron chi connectivity index (χ3n) is 5.06. The summed E-state index contributed by atoms with van der Waals surface area (Å²) in [7, 11) is 0. The zero-order valence-electron chi connectivity index (χ0n) is 16.9. The number of halogens is 2. The van der Waals surface area contributed by atoms with Gasteiger partial charge >= 0.3 is 5.97 Å². The first kappa shape index (κ1) is 22.4. The second kappa shape index (κ2) is 10.6. The summed E-state index contributed by atoms with van der Waals surface area (Å²) >= 11 is 12.0. The van der Waals surface area contributed by atoms with Crippen LogP contribution in [0.4, 0.5) is 5.82 Å². The number of carbonyl (C=O) groups excluding carboxylic acids is 2. The van der Waals surface area contributed by atoms with Crippen molar-refractivity contribution in [1.29, 1.82) is 0 Å². The zero-order valence-corrected chi connectivity index (χ0v) is 18.5. The van der Waals surface area contributed by atoms with Crippen LogP contribution in [0.25, 0.3) is 0 Å². The number of piperazine rings is 1. The van der Waals surface area contributed by atoms with E-state index in [2.05, 4.69) is 9.88 Å². The van der Waals surface area contributed by atoms with Crippen LogP contribution in [0.1, 0.15) is 35.7 Å². The molecule has 1 amide bonds. The van der Waals surface area contributed by atoms with Crippen molar-refractivity contribution in [3.63, 3.8) is 0 Å². The highest BCUT2D eigenvalue weighted by molar-refractivity contribution is 6.42. The summed E-state index contributed by atoms with van der Waals surface area (Å²) in [5, 5.41) is 1.08. The van der Waals surface area contributed by atoms with E-state index in [1.54, 1.807) is 19.1 Å². The van der Waals surface area contributed by atoms with Crippen molar-refractivity contribution in [3.05, 3.63) is 57.7 Å². The zero-order chi connectivity index (χ0) is 21.5. The third kappa shape index (κ3) is 5.86. The molecule has 0 saturated carbocycles. The van der Waals surface area contributed by atoms with Crippen LogP contribution in [0.5, 0.6) is 0 Å². The number of aromatic nitrogens is 1. The van der Waals surface area contributed by atoms with Crippen molar-refractivity contribution in [2.24, 2.45) is 0 Å². The molecule has 0 atom stereocenters. The van der Waals surface area contributed by atoms with Crippen LogP contribution in [0.3, 0.4) is 0 Å². The van der Waals surface area contributed by atoms with Gasteiger partial charge in [-0.25, -0.2) is 9.78 Å². The second-order valence-electron chi connectivity index (χ2n) is 7.10. The molecule has 2 heterocycles. The van der Waals surface area contributed by atoms with Crippen molar-refractivity contribution >= 4 is 40.9 Å². The molecule has 0 spiro atoms. The van der Waals surface area contributed by atoms with Crippen LogP contribution in [0.2, 0.25) is 10.0 Å². The minimum atomic E-state index is -0.368. The number of ether oxygens (including phenoxy) is 1. The van der Waals surface area contributed by atoms with Gasteiger partial charge in [0.1, 0.15) is 5.82 Å². The standard InChI is InChI=1S/C22H25Cl2N3O3/c1-2-30-22(29)17-7-9-20(25-15-17)26-10-12-27(13-11-26)21(28)5-3-4-16-6-8-18(23)19(24)14-16/h6-9,14-15H,2-5,10-13H2,1H3. The molecule has 0 radical (unpaired) electrons. The van der Waals surface area contributed by atoms with E-state index in [1.165, 1.54) is 6.20 Å². The van der Waals surface area contributed by atoms with Crippen LogP contribution in [-0.2, 0) is 16.0 Å². The van der Waals surface area contributed by atoms with E-state index in [-0.39, 0.29) is 11.9 Å².